The molecule has 116 valence electrons. The lowest BCUT2D eigenvalue weighted by Crippen LogP contribution is -2.40. The SMILES string of the molecule is Cc1ccc(CN2CC[C@@H](NC(=O)OC(C)(C)C)C2)cc1. The molecule has 0 aliphatic carbocycles. The lowest BCUT2D eigenvalue weighted by Gasteiger charge is -2.22. The Hall–Kier alpha value is -1.55. The molecule has 1 amide bonds. The molecule has 21 heavy (non-hydrogen) atoms. The molecular weight excluding hydrogens is 264 g/mol. The highest BCUT2D eigenvalue weighted by Crippen LogP contribution is 2.15. The molecule has 1 N–H and O–H groups in total. The summed E-state index contributed by atoms with van der Waals surface area (Å²) in [5.74, 6) is 0. The number of alkyl carbamates (subject to hydrolysis) is 1. The second-order valence-electron chi connectivity index (χ2n) is 6.85. The number of ether oxygens (including phenoxy) is 1. The number of hydrogen-bond acceptors (Lipinski definition) is 3. The number of carbonyl (C=O) groups excluding carboxylic acids is 1. The Morgan fingerprint density at radius 2 is 2.00 bits per heavy atom. The molecule has 1 aliphatic heterocycles. The zero-order valence-corrected chi connectivity index (χ0v) is 13.5. The van der Waals surface area contributed by atoms with Crippen molar-refractivity contribution in [3.8, 4) is 0 Å². The molecule has 1 aromatic carbocycles. The van der Waals surface area contributed by atoms with Crippen LogP contribution < -0.4 is 5.32 Å². The van der Waals surface area contributed by atoms with Gasteiger partial charge in [0.25, 0.3) is 0 Å². The minimum absolute atomic E-state index is 0.185. The number of nitrogens with zero attached hydrogens (tertiary/aromatic N) is 1. The van der Waals surface area contributed by atoms with Gasteiger partial charge in [0, 0.05) is 25.7 Å². The number of hydrogen-bond donors (Lipinski definition) is 1. The molecule has 0 spiro atoms. The lowest BCUT2D eigenvalue weighted by molar-refractivity contribution is 0.0506. The first-order chi connectivity index (χ1) is 9.82. The predicted octanol–water partition coefficient (Wildman–Crippen LogP) is 3.09. The third kappa shape index (κ3) is 5.38. The van der Waals surface area contributed by atoms with Crippen molar-refractivity contribution in [3.63, 3.8) is 0 Å². The first-order valence-corrected chi connectivity index (χ1v) is 7.59. The van der Waals surface area contributed by atoms with Crippen LogP contribution in [-0.2, 0) is 11.3 Å². The van der Waals surface area contributed by atoms with Crippen molar-refractivity contribution < 1.29 is 9.53 Å². The van der Waals surface area contributed by atoms with Crippen LogP contribution in [0, 0.1) is 6.92 Å². The van der Waals surface area contributed by atoms with Gasteiger partial charge in [-0.05, 0) is 39.7 Å². The quantitative estimate of drug-likeness (QED) is 0.930. The first kappa shape index (κ1) is 15.8. The van der Waals surface area contributed by atoms with Gasteiger partial charge in [-0.15, -0.1) is 0 Å². The molecule has 1 saturated heterocycles. The normalized spacial score (nSPS) is 19.5. The summed E-state index contributed by atoms with van der Waals surface area (Å²) in [5, 5.41) is 2.96. The maximum absolute atomic E-state index is 11.8. The second kappa shape index (κ2) is 6.48. The number of amides is 1. The van der Waals surface area contributed by atoms with Crippen molar-refractivity contribution in [2.45, 2.75) is 52.3 Å². The third-order valence-corrected chi connectivity index (χ3v) is 3.52. The molecule has 0 saturated carbocycles. The van der Waals surface area contributed by atoms with Crippen molar-refractivity contribution >= 4 is 6.09 Å². The maximum atomic E-state index is 11.8. The number of aryl methyl sites for hydroxylation is 1. The monoisotopic (exact) mass is 290 g/mol. The minimum Gasteiger partial charge on any atom is -0.444 e. The van der Waals surface area contributed by atoms with E-state index in [4.69, 9.17) is 4.74 Å². The van der Waals surface area contributed by atoms with Crippen LogP contribution in [0.3, 0.4) is 0 Å². The molecule has 0 bridgehead atoms. The van der Waals surface area contributed by atoms with Crippen molar-refractivity contribution in [2.75, 3.05) is 13.1 Å². The summed E-state index contributed by atoms with van der Waals surface area (Å²) in [4.78, 5) is 14.1. The van der Waals surface area contributed by atoms with E-state index in [1.807, 2.05) is 20.8 Å². The van der Waals surface area contributed by atoms with E-state index in [0.29, 0.717) is 0 Å². The fourth-order valence-corrected chi connectivity index (χ4v) is 2.52. The highest BCUT2D eigenvalue weighted by Gasteiger charge is 2.25. The van der Waals surface area contributed by atoms with Crippen LogP contribution in [0.5, 0.6) is 0 Å². The largest absolute Gasteiger partial charge is 0.444 e. The van der Waals surface area contributed by atoms with Crippen molar-refractivity contribution in [2.24, 2.45) is 0 Å². The first-order valence-electron chi connectivity index (χ1n) is 7.59. The van der Waals surface area contributed by atoms with Crippen LogP contribution in [0.25, 0.3) is 0 Å². The van der Waals surface area contributed by atoms with Crippen LogP contribution in [-0.4, -0.2) is 35.7 Å². The Labute approximate surface area is 127 Å². The van der Waals surface area contributed by atoms with Crippen LogP contribution in [0.2, 0.25) is 0 Å². The van der Waals surface area contributed by atoms with Gasteiger partial charge >= 0.3 is 6.09 Å². The summed E-state index contributed by atoms with van der Waals surface area (Å²) in [5.41, 5.74) is 2.16. The summed E-state index contributed by atoms with van der Waals surface area (Å²) >= 11 is 0. The average molecular weight is 290 g/mol. The van der Waals surface area contributed by atoms with E-state index in [-0.39, 0.29) is 12.1 Å². The van der Waals surface area contributed by atoms with E-state index < -0.39 is 5.60 Å². The van der Waals surface area contributed by atoms with E-state index in [1.165, 1.54) is 11.1 Å². The van der Waals surface area contributed by atoms with Crippen LogP contribution >= 0.6 is 0 Å². The Bertz CT molecular complexity index is 477. The van der Waals surface area contributed by atoms with Gasteiger partial charge in [0.2, 0.25) is 0 Å². The molecule has 1 heterocycles. The van der Waals surface area contributed by atoms with Crippen molar-refractivity contribution in [1.29, 1.82) is 0 Å². The molecule has 0 radical (unpaired) electrons. The lowest BCUT2D eigenvalue weighted by atomic mass is 10.1. The van der Waals surface area contributed by atoms with Crippen LogP contribution in [0.1, 0.15) is 38.3 Å². The molecule has 1 aromatic rings. The summed E-state index contributed by atoms with van der Waals surface area (Å²) < 4.78 is 5.30. The molecule has 4 nitrogen and oxygen atoms in total. The van der Waals surface area contributed by atoms with Gasteiger partial charge in [-0.2, -0.15) is 0 Å². The van der Waals surface area contributed by atoms with Gasteiger partial charge in [0.15, 0.2) is 0 Å². The van der Waals surface area contributed by atoms with Gasteiger partial charge < -0.3 is 10.1 Å². The summed E-state index contributed by atoms with van der Waals surface area (Å²) in [7, 11) is 0. The standard InChI is InChI=1S/C17H26N2O2/c1-13-5-7-14(8-6-13)11-19-10-9-15(12-19)18-16(20)21-17(2,3)4/h5-8,15H,9-12H2,1-4H3,(H,18,20)/t15-/m1/s1. The van der Waals surface area contributed by atoms with E-state index in [2.05, 4.69) is 41.4 Å². The zero-order chi connectivity index (χ0) is 15.5. The number of carbonyl (C=O) groups is 1. The molecule has 1 atom stereocenters. The Balaban J connectivity index is 1.78. The highest BCUT2D eigenvalue weighted by atomic mass is 16.6. The molecule has 2 rings (SSSR count). The highest BCUT2D eigenvalue weighted by molar-refractivity contribution is 5.68. The minimum atomic E-state index is -0.440. The molecule has 0 aromatic heterocycles. The number of rotatable bonds is 3. The molecular formula is C17H26N2O2. The van der Waals surface area contributed by atoms with Gasteiger partial charge in [-0.1, -0.05) is 29.8 Å². The second-order valence-corrected chi connectivity index (χ2v) is 6.85. The third-order valence-electron chi connectivity index (χ3n) is 3.52. The van der Waals surface area contributed by atoms with E-state index in [9.17, 15) is 4.79 Å². The number of benzene rings is 1. The van der Waals surface area contributed by atoms with Gasteiger partial charge in [0.05, 0.1) is 0 Å². The van der Waals surface area contributed by atoms with Crippen molar-refractivity contribution in [3.05, 3.63) is 35.4 Å². The molecule has 0 unspecified atom stereocenters. The number of nitrogens with one attached hydrogen (secondary N) is 1. The Morgan fingerprint density at radius 3 is 2.62 bits per heavy atom. The Kier molecular flexibility index (Phi) is 4.88. The fourth-order valence-electron chi connectivity index (χ4n) is 2.52. The van der Waals surface area contributed by atoms with Gasteiger partial charge in [0.1, 0.15) is 5.60 Å². The smallest absolute Gasteiger partial charge is 0.407 e. The Morgan fingerprint density at radius 1 is 1.33 bits per heavy atom. The summed E-state index contributed by atoms with van der Waals surface area (Å²) in [6, 6.07) is 8.81. The molecule has 1 fully saturated rings. The summed E-state index contributed by atoms with van der Waals surface area (Å²) in [6.45, 7) is 10.6. The van der Waals surface area contributed by atoms with E-state index in [0.717, 1.165) is 26.1 Å². The van der Waals surface area contributed by atoms with Gasteiger partial charge in [-0.3, -0.25) is 4.90 Å². The number of likely N-dealkylation sites (tertiary alicyclic amines) is 1. The molecule has 1 aliphatic rings. The van der Waals surface area contributed by atoms with E-state index >= 15 is 0 Å². The van der Waals surface area contributed by atoms with Crippen LogP contribution in [0.4, 0.5) is 4.79 Å². The molecule has 4 heteroatoms. The van der Waals surface area contributed by atoms with Crippen molar-refractivity contribution in [1.82, 2.24) is 10.2 Å². The summed E-state index contributed by atoms with van der Waals surface area (Å²) in [6.07, 6.45) is 0.662. The van der Waals surface area contributed by atoms with E-state index in [1.54, 1.807) is 0 Å². The average Bonchev–Trinajstić information content (AvgIpc) is 2.77. The maximum Gasteiger partial charge on any atom is 0.407 e. The van der Waals surface area contributed by atoms with Crippen LogP contribution in [0.15, 0.2) is 24.3 Å². The fraction of sp³-hybridized carbons (Fsp3) is 0.588. The predicted molar refractivity (Wildman–Crippen MR) is 84.2 cm³/mol. The van der Waals surface area contributed by atoms with Gasteiger partial charge in [-0.25, -0.2) is 4.79 Å². The zero-order valence-electron chi connectivity index (χ0n) is 13.5. The topological polar surface area (TPSA) is 41.6 Å².